The lowest BCUT2D eigenvalue weighted by molar-refractivity contribution is -0.156. The number of hydrogen-bond donors (Lipinski definition) is 2. The number of fused-ring (bicyclic) bond motifs is 1. The van der Waals surface area contributed by atoms with Gasteiger partial charge in [-0.15, -0.1) is 0 Å². The number of nitrogens with one attached hydrogen (secondary N) is 1. The molecule has 1 aromatic rings. The van der Waals surface area contributed by atoms with Gasteiger partial charge in [0.05, 0.1) is 31.1 Å². The Kier molecular flexibility index (Phi) is 8.07. The highest BCUT2D eigenvalue weighted by atomic mass is 16.5. The molecule has 1 fully saturated rings. The van der Waals surface area contributed by atoms with E-state index in [0.29, 0.717) is 6.54 Å². The second-order valence-corrected chi connectivity index (χ2v) is 8.64. The minimum atomic E-state index is -0.783. The number of hydrogen-bond acceptors (Lipinski definition) is 5. The van der Waals surface area contributed by atoms with E-state index in [2.05, 4.69) is 5.32 Å². The highest BCUT2D eigenvalue weighted by Crippen LogP contribution is 2.46. The molecule has 174 valence electrons. The van der Waals surface area contributed by atoms with Crippen LogP contribution in [0.3, 0.4) is 0 Å². The first kappa shape index (κ1) is 24.0. The summed E-state index contributed by atoms with van der Waals surface area (Å²) in [6, 6.07) is 8.23. The Morgan fingerprint density at radius 2 is 1.91 bits per heavy atom. The van der Waals surface area contributed by atoms with Gasteiger partial charge in [0.2, 0.25) is 11.8 Å². The minimum absolute atomic E-state index is 0.110. The van der Waals surface area contributed by atoms with Crippen molar-refractivity contribution < 1.29 is 24.2 Å². The van der Waals surface area contributed by atoms with E-state index in [9.17, 15) is 19.5 Å². The lowest BCUT2D eigenvalue weighted by Gasteiger charge is -2.34. The number of amides is 2. The van der Waals surface area contributed by atoms with Crippen molar-refractivity contribution in [2.75, 3.05) is 13.2 Å². The van der Waals surface area contributed by atoms with Crippen molar-refractivity contribution in [3.63, 3.8) is 0 Å². The number of carbonyl (C=O) groups is 3. The number of allylic oxidation sites excluding steroid dienone is 1. The number of esters is 1. The molecule has 1 saturated heterocycles. The van der Waals surface area contributed by atoms with E-state index >= 15 is 0 Å². The molecule has 1 heterocycles. The van der Waals surface area contributed by atoms with Crippen LogP contribution < -0.4 is 5.32 Å². The summed E-state index contributed by atoms with van der Waals surface area (Å²) in [5.74, 6) is -2.79. The fraction of sp³-hybridized carbons (Fsp3) is 0.560. The third-order valence-corrected chi connectivity index (χ3v) is 6.55. The third-order valence-electron chi connectivity index (χ3n) is 6.55. The Morgan fingerprint density at radius 1 is 1.19 bits per heavy atom. The number of nitrogens with zero attached hydrogens (tertiary/aromatic N) is 1. The molecule has 7 heteroatoms. The molecule has 0 bridgehead atoms. The minimum Gasteiger partial charge on any atom is -0.466 e. The van der Waals surface area contributed by atoms with Crippen molar-refractivity contribution in [3.05, 3.63) is 48.0 Å². The number of ether oxygens (including phenoxy) is 1. The van der Waals surface area contributed by atoms with Crippen LogP contribution in [0.15, 0.2) is 42.5 Å². The van der Waals surface area contributed by atoms with Crippen LogP contribution in [0.2, 0.25) is 0 Å². The van der Waals surface area contributed by atoms with Gasteiger partial charge in [-0.1, -0.05) is 55.8 Å². The summed E-state index contributed by atoms with van der Waals surface area (Å²) >= 11 is 0. The lowest BCUT2D eigenvalue weighted by atomic mass is 9.69. The maximum Gasteiger partial charge on any atom is 0.310 e. The molecule has 1 aliphatic carbocycles. The summed E-state index contributed by atoms with van der Waals surface area (Å²) in [7, 11) is 0. The van der Waals surface area contributed by atoms with Gasteiger partial charge in [0.1, 0.15) is 6.04 Å². The van der Waals surface area contributed by atoms with Gasteiger partial charge in [-0.05, 0) is 31.7 Å². The number of likely N-dealkylation sites (tertiary alicyclic amines) is 1. The molecule has 0 aromatic heterocycles. The van der Waals surface area contributed by atoms with Crippen LogP contribution in [0.5, 0.6) is 0 Å². The maximum absolute atomic E-state index is 13.6. The van der Waals surface area contributed by atoms with E-state index < -0.39 is 29.8 Å². The molecule has 1 aliphatic heterocycles. The number of benzene rings is 1. The van der Waals surface area contributed by atoms with E-state index in [4.69, 9.17) is 4.74 Å². The topological polar surface area (TPSA) is 95.9 Å². The molecule has 2 N–H and O–H groups in total. The highest BCUT2D eigenvalue weighted by molar-refractivity contribution is 5.96. The molecule has 0 spiro atoms. The van der Waals surface area contributed by atoms with Crippen LogP contribution in [0.4, 0.5) is 0 Å². The Bertz CT molecular complexity index is 840. The summed E-state index contributed by atoms with van der Waals surface area (Å²) in [6.07, 6.45) is 5.53. The van der Waals surface area contributed by atoms with Crippen LogP contribution >= 0.6 is 0 Å². The first-order valence-electron chi connectivity index (χ1n) is 11.5. The second-order valence-electron chi connectivity index (χ2n) is 8.64. The molecule has 32 heavy (non-hydrogen) atoms. The maximum atomic E-state index is 13.6. The average molecular weight is 443 g/mol. The fourth-order valence-electron chi connectivity index (χ4n) is 5.07. The number of aliphatic hydroxyl groups is 1. The van der Waals surface area contributed by atoms with Crippen molar-refractivity contribution in [2.45, 2.75) is 52.2 Å². The van der Waals surface area contributed by atoms with Crippen molar-refractivity contribution in [3.8, 4) is 0 Å². The van der Waals surface area contributed by atoms with Gasteiger partial charge in [0, 0.05) is 12.5 Å². The number of rotatable bonds is 9. The quantitative estimate of drug-likeness (QED) is 0.452. The molecule has 7 nitrogen and oxygen atoms in total. The monoisotopic (exact) mass is 442 g/mol. The molecular formula is C25H34N2O5. The van der Waals surface area contributed by atoms with Gasteiger partial charge in [0.25, 0.3) is 0 Å². The van der Waals surface area contributed by atoms with Crippen molar-refractivity contribution >= 4 is 17.8 Å². The van der Waals surface area contributed by atoms with Gasteiger partial charge in [0.15, 0.2) is 0 Å². The Hall–Kier alpha value is -2.67. The molecule has 0 saturated carbocycles. The van der Waals surface area contributed by atoms with Crippen LogP contribution in [0.25, 0.3) is 0 Å². The summed E-state index contributed by atoms with van der Waals surface area (Å²) in [5.41, 5.74) is 0.954. The Labute approximate surface area is 189 Å². The standard InChI is InChI=1S/C25H34N2O5/c1-4-9-18-12-13-19-21(20(18)25(31)32-5-2)24(30)27(16(3)15-28)22(19)23(29)26-14-17-10-7-6-8-11-17/h6-8,10-13,16,18-22,28H,4-5,9,14-15H2,1-3H3,(H,26,29)/t16-,18-,19+,20-,21-,22+/m1/s1. The molecule has 0 unspecified atom stereocenters. The van der Waals surface area contributed by atoms with E-state index in [1.807, 2.05) is 49.4 Å². The van der Waals surface area contributed by atoms with Gasteiger partial charge in [-0.25, -0.2) is 0 Å². The van der Waals surface area contributed by atoms with Crippen LogP contribution in [-0.4, -0.2) is 53.1 Å². The molecule has 2 aliphatic rings. The Balaban J connectivity index is 1.93. The predicted molar refractivity (Wildman–Crippen MR) is 120 cm³/mol. The van der Waals surface area contributed by atoms with Gasteiger partial charge < -0.3 is 20.1 Å². The lowest BCUT2D eigenvalue weighted by Crippen LogP contribution is -2.51. The van der Waals surface area contributed by atoms with Crippen LogP contribution in [0, 0.1) is 23.7 Å². The summed E-state index contributed by atoms with van der Waals surface area (Å²) in [4.78, 5) is 41.3. The number of aliphatic hydroxyl groups excluding tert-OH is 1. The molecule has 6 atom stereocenters. The first-order chi connectivity index (χ1) is 15.4. The zero-order valence-corrected chi connectivity index (χ0v) is 19.1. The fourth-order valence-corrected chi connectivity index (χ4v) is 5.07. The summed E-state index contributed by atoms with van der Waals surface area (Å²) in [6.45, 7) is 5.82. The predicted octanol–water partition coefficient (Wildman–Crippen LogP) is 2.29. The zero-order chi connectivity index (χ0) is 23.3. The van der Waals surface area contributed by atoms with E-state index in [1.165, 1.54) is 4.90 Å². The van der Waals surface area contributed by atoms with Crippen LogP contribution in [0.1, 0.15) is 39.2 Å². The molecule has 3 rings (SSSR count). The first-order valence-corrected chi connectivity index (χ1v) is 11.5. The largest absolute Gasteiger partial charge is 0.466 e. The van der Waals surface area contributed by atoms with E-state index in [1.54, 1.807) is 13.8 Å². The molecular weight excluding hydrogens is 408 g/mol. The van der Waals surface area contributed by atoms with E-state index in [-0.39, 0.29) is 36.9 Å². The summed E-state index contributed by atoms with van der Waals surface area (Å²) in [5, 5.41) is 12.8. The summed E-state index contributed by atoms with van der Waals surface area (Å²) < 4.78 is 5.34. The third kappa shape index (κ3) is 4.72. The molecule has 2 amide bonds. The average Bonchev–Trinajstić information content (AvgIpc) is 3.10. The normalized spacial score (nSPS) is 27.7. The van der Waals surface area contributed by atoms with Crippen LogP contribution in [-0.2, 0) is 25.7 Å². The Morgan fingerprint density at radius 3 is 2.53 bits per heavy atom. The molecule has 1 aromatic carbocycles. The second kappa shape index (κ2) is 10.8. The van der Waals surface area contributed by atoms with Gasteiger partial charge in [-0.2, -0.15) is 0 Å². The van der Waals surface area contributed by atoms with Gasteiger partial charge >= 0.3 is 5.97 Å². The van der Waals surface area contributed by atoms with E-state index in [0.717, 1.165) is 18.4 Å². The van der Waals surface area contributed by atoms with Gasteiger partial charge in [-0.3, -0.25) is 14.4 Å². The van der Waals surface area contributed by atoms with Crippen molar-refractivity contribution in [2.24, 2.45) is 23.7 Å². The highest BCUT2D eigenvalue weighted by Gasteiger charge is 2.58. The van der Waals surface area contributed by atoms with Crippen molar-refractivity contribution in [1.82, 2.24) is 10.2 Å². The van der Waals surface area contributed by atoms with Crippen molar-refractivity contribution in [1.29, 1.82) is 0 Å². The zero-order valence-electron chi connectivity index (χ0n) is 19.1. The molecule has 0 radical (unpaired) electrons. The smallest absolute Gasteiger partial charge is 0.310 e. The number of carbonyl (C=O) groups excluding carboxylic acids is 3. The SMILES string of the molecule is CCC[C@@H]1C=C[C@H]2[C@@H](C(=O)N([C@H](C)CO)[C@@H]2C(=O)NCc2ccccc2)[C@@H]1C(=O)OCC.